The van der Waals surface area contributed by atoms with Gasteiger partial charge < -0.3 is 10.1 Å². The van der Waals surface area contributed by atoms with Crippen LogP contribution in [0, 0.1) is 0 Å². The van der Waals surface area contributed by atoms with Crippen LogP contribution >= 0.6 is 12.2 Å². The maximum absolute atomic E-state index is 12.0. The number of anilines is 1. The molecule has 0 heterocycles. The van der Waals surface area contributed by atoms with E-state index in [1.807, 2.05) is 73.7 Å². The Morgan fingerprint density at radius 3 is 2.52 bits per heavy atom. The molecule has 0 saturated heterocycles. The Morgan fingerprint density at radius 1 is 1.04 bits per heavy atom. The highest BCUT2D eigenvalue weighted by molar-refractivity contribution is 7.80. The molecule has 136 valence electrons. The summed E-state index contributed by atoms with van der Waals surface area (Å²) in [5.74, 6) is 0.516. The lowest BCUT2D eigenvalue weighted by Crippen LogP contribution is -2.32. The summed E-state index contributed by atoms with van der Waals surface area (Å²) < 4.78 is 5.39. The summed E-state index contributed by atoms with van der Waals surface area (Å²) in [5, 5.41) is 8.19. The molecule has 0 atom stereocenters. The highest BCUT2D eigenvalue weighted by atomic mass is 32.1. The van der Waals surface area contributed by atoms with Gasteiger partial charge >= 0.3 is 0 Å². The van der Waals surface area contributed by atoms with Crippen LogP contribution in [0.15, 0.2) is 72.8 Å². The number of fused-ring (bicyclic) bond motifs is 1. The molecule has 3 aromatic carbocycles. The number of ether oxygens (including phenoxy) is 1. The molecule has 5 heteroatoms. The van der Waals surface area contributed by atoms with Crippen molar-refractivity contribution in [1.82, 2.24) is 5.32 Å². The molecular weight excluding hydrogens is 356 g/mol. The average Bonchev–Trinajstić information content (AvgIpc) is 2.67. The first-order valence-corrected chi connectivity index (χ1v) is 9.06. The molecule has 3 rings (SSSR count). The molecule has 27 heavy (non-hydrogen) atoms. The third-order valence-electron chi connectivity index (χ3n) is 3.86. The van der Waals surface area contributed by atoms with Gasteiger partial charge in [-0.15, -0.1) is 0 Å². The van der Waals surface area contributed by atoms with Gasteiger partial charge in [-0.3, -0.25) is 10.1 Å². The molecule has 0 unspecified atom stereocenters. The molecule has 0 bridgehead atoms. The van der Waals surface area contributed by atoms with Crippen LogP contribution < -0.4 is 15.4 Å². The Bertz CT molecular complexity index is 981. The molecule has 4 nitrogen and oxygen atoms in total. The summed E-state index contributed by atoms with van der Waals surface area (Å²) in [5.41, 5.74) is 1.73. The van der Waals surface area contributed by atoms with Crippen molar-refractivity contribution in [2.24, 2.45) is 0 Å². The van der Waals surface area contributed by atoms with E-state index in [0.717, 1.165) is 27.8 Å². The number of rotatable bonds is 5. The molecule has 0 aliphatic rings. The molecule has 3 aromatic rings. The van der Waals surface area contributed by atoms with Crippen molar-refractivity contribution in [3.63, 3.8) is 0 Å². The third-order valence-corrected chi connectivity index (χ3v) is 4.07. The van der Waals surface area contributed by atoms with Crippen LogP contribution in [0.2, 0.25) is 0 Å². The van der Waals surface area contributed by atoms with Crippen LogP contribution in [0.1, 0.15) is 12.5 Å². The Hall–Kier alpha value is -3.18. The molecular formula is C22H20N2O2S. The second-order valence-corrected chi connectivity index (χ2v) is 6.25. The second-order valence-electron chi connectivity index (χ2n) is 5.84. The Kier molecular flexibility index (Phi) is 6.18. The fourth-order valence-corrected chi connectivity index (χ4v) is 2.82. The normalized spacial score (nSPS) is 10.7. The number of carbonyl (C=O) groups excluding carboxylic acids is 1. The number of amides is 1. The summed E-state index contributed by atoms with van der Waals surface area (Å²) in [7, 11) is 0. The Morgan fingerprint density at radius 2 is 1.78 bits per heavy atom. The first-order chi connectivity index (χ1) is 13.1. The summed E-state index contributed by atoms with van der Waals surface area (Å²) in [6, 6.07) is 21.5. The van der Waals surface area contributed by atoms with Crippen molar-refractivity contribution in [3.8, 4) is 5.75 Å². The van der Waals surface area contributed by atoms with Gasteiger partial charge in [0.25, 0.3) is 0 Å². The third kappa shape index (κ3) is 5.39. The zero-order chi connectivity index (χ0) is 19.1. The van der Waals surface area contributed by atoms with Crippen molar-refractivity contribution in [1.29, 1.82) is 0 Å². The first-order valence-electron chi connectivity index (χ1n) is 8.66. The summed E-state index contributed by atoms with van der Waals surface area (Å²) >= 11 is 5.22. The van der Waals surface area contributed by atoms with Crippen LogP contribution in [0.3, 0.4) is 0 Å². The van der Waals surface area contributed by atoms with Gasteiger partial charge in [0.05, 0.1) is 6.61 Å². The van der Waals surface area contributed by atoms with E-state index in [4.69, 9.17) is 17.0 Å². The zero-order valence-corrected chi connectivity index (χ0v) is 15.8. The number of hydrogen-bond donors (Lipinski definition) is 2. The van der Waals surface area contributed by atoms with Gasteiger partial charge in [-0.1, -0.05) is 42.5 Å². The molecule has 0 aliphatic carbocycles. The summed E-state index contributed by atoms with van der Waals surface area (Å²) in [6.45, 7) is 2.56. The van der Waals surface area contributed by atoms with Crippen molar-refractivity contribution in [3.05, 3.63) is 78.4 Å². The number of nitrogens with one attached hydrogen (secondary N) is 2. The standard InChI is InChI=1S/C22H20N2O2S/c1-2-26-20-12-7-16(8-13-20)9-14-21(25)24-22(27)23-19-11-10-17-5-3-4-6-18(17)15-19/h3-15H,2H2,1H3,(H2,23,24,25,27)/b14-9+. The highest BCUT2D eigenvalue weighted by Gasteiger charge is 2.03. The molecule has 0 spiro atoms. The molecule has 2 N–H and O–H groups in total. The topological polar surface area (TPSA) is 50.4 Å². The van der Waals surface area contributed by atoms with Crippen LogP contribution in [0.5, 0.6) is 5.75 Å². The van der Waals surface area contributed by atoms with Crippen LogP contribution in [-0.4, -0.2) is 17.6 Å². The second kappa shape index (κ2) is 8.96. The fraction of sp³-hybridized carbons (Fsp3) is 0.0909. The van der Waals surface area contributed by atoms with Crippen LogP contribution in [0.25, 0.3) is 16.8 Å². The molecule has 0 radical (unpaired) electrons. The predicted octanol–water partition coefficient (Wildman–Crippen LogP) is 4.76. The van der Waals surface area contributed by atoms with E-state index < -0.39 is 0 Å². The van der Waals surface area contributed by atoms with E-state index >= 15 is 0 Å². The lowest BCUT2D eigenvalue weighted by molar-refractivity contribution is -0.115. The van der Waals surface area contributed by atoms with Crippen LogP contribution in [-0.2, 0) is 4.79 Å². The monoisotopic (exact) mass is 376 g/mol. The number of thiocarbonyl (C=S) groups is 1. The van der Waals surface area contributed by atoms with Gasteiger partial charge in [0.1, 0.15) is 5.75 Å². The number of carbonyl (C=O) groups is 1. The van der Waals surface area contributed by atoms with Crippen molar-refractivity contribution in [2.75, 3.05) is 11.9 Å². The lowest BCUT2D eigenvalue weighted by atomic mass is 10.1. The van der Waals surface area contributed by atoms with E-state index in [1.54, 1.807) is 6.08 Å². The van der Waals surface area contributed by atoms with Gasteiger partial charge in [-0.25, -0.2) is 0 Å². The van der Waals surface area contributed by atoms with E-state index in [9.17, 15) is 4.79 Å². The molecule has 0 fully saturated rings. The van der Waals surface area contributed by atoms with Crippen LogP contribution in [0.4, 0.5) is 5.69 Å². The first kappa shape index (κ1) is 18.6. The lowest BCUT2D eigenvalue weighted by Gasteiger charge is -2.09. The van der Waals surface area contributed by atoms with Crippen molar-refractivity contribution in [2.45, 2.75) is 6.92 Å². The fourth-order valence-electron chi connectivity index (χ4n) is 2.60. The SMILES string of the molecule is CCOc1ccc(/C=C/C(=O)NC(=S)Nc2ccc3ccccc3c2)cc1. The van der Waals surface area contributed by atoms with E-state index in [2.05, 4.69) is 10.6 Å². The van der Waals surface area contributed by atoms with Gasteiger partial charge in [0, 0.05) is 11.8 Å². The Balaban J connectivity index is 1.55. The predicted molar refractivity (Wildman–Crippen MR) is 115 cm³/mol. The largest absolute Gasteiger partial charge is 0.494 e. The van der Waals surface area contributed by atoms with E-state index in [-0.39, 0.29) is 11.0 Å². The van der Waals surface area contributed by atoms with Crippen molar-refractivity contribution >= 4 is 45.8 Å². The summed E-state index contributed by atoms with van der Waals surface area (Å²) in [4.78, 5) is 12.0. The molecule has 0 saturated carbocycles. The molecule has 0 aliphatic heterocycles. The average molecular weight is 376 g/mol. The minimum atomic E-state index is -0.290. The Labute approximate surface area is 163 Å². The minimum absolute atomic E-state index is 0.256. The van der Waals surface area contributed by atoms with Gasteiger partial charge in [-0.2, -0.15) is 0 Å². The van der Waals surface area contributed by atoms with E-state index in [1.165, 1.54) is 6.08 Å². The number of benzene rings is 3. The van der Waals surface area contributed by atoms with Gasteiger partial charge in [-0.05, 0) is 65.8 Å². The molecule has 1 amide bonds. The quantitative estimate of drug-likeness (QED) is 0.498. The smallest absolute Gasteiger partial charge is 0.250 e. The van der Waals surface area contributed by atoms with Gasteiger partial charge in [0.15, 0.2) is 5.11 Å². The maximum atomic E-state index is 12.0. The molecule has 0 aromatic heterocycles. The highest BCUT2D eigenvalue weighted by Crippen LogP contribution is 2.18. The van der Waals surface area contributed by atoms with Crippen molar-refractivity contribution < 1.29 is 9.53 Å². The number of hydrogen-bond acceptors (Lipinski definition) is 3. The van der Waals surface area contributed by atoms with E-state index in [0.29, 0.717) is 6.61 Å². The summed E-state index contributed by atoms with van der Waals surface area (Å²) in [6.07, 6.45) is 3.17. The zero-order valence-electron chi connectivity index (χ0n) is 14.9. The minimum Gasteiger partial charge on any atom is -0.494 e. The maximum Gasteiger partial charge on any atom is 0.250 e. The van der Waals surface area contributed by atoms with Gasteiger partial charge in [0.2, 0.25) is 5.91 Å².